The van der Waals surface area contributed by atoms with Crippen LogP contribution in [0.15, 0.2) is 70.9 Å². The topological polar surface area (TPSA) is 71.0 Å². The highest BCUT2D eigenvalue weighted by Gasteiger charge is 2.14. The fourth-order valence-electron chi connectivity index (χ4n) is 1.71. The van der Waals surface area contributed by atoms with E-state index in [2.05, 4.69) is 10.3 Å². The molecule has 0 aliphatic heterocycles. The van der Waals surface area contributed by atoms with E-state index in [1.165, 1.54) is 0 Å². The Morgan fingerprint density at radius 1 is 0.778 bits per heavy atom. The third-order valence-corrected chi connectivity index (χ3v) is 2.55. The van der Waals surface area contributed by atoms with E-state index in [1.54, 1.807) is 0 Å². The van der Waals surface area contributed by atoms with Gasteiger partial charge < -0.3 is 11.0 Å². The summed E-state index contributed by atoms with van der Waals surface area (Å²) in [5.41, 5.74) is 2.36. The minimum absolute atomic E-state index is 0.351. The van der Waals surface area contributed by atoms with E-state index in [0.717, 1.165) is 11.1 Å². The smallest absolute Gasteiger partial charge is 0.137 e. The first-order valence-corrected chi connectivity index (χ1v) is 5.48. The van der Waals surface area contributed by atoms with Crippen molar-refractivity contribution in [1.82, 2.24) is 0 Å². The number of benzene rings is 2. The van der Waals surface area contributed by atoms with Gasteiger partial charge in [-0.25, -0.2) is 0 Å². The van der Waals surface area contributed by atoms with E-state index in [1.807, 2.05) is 60.7 Å². The first-order chi connectivity index (χ1) is 8.86. The monoisotopic (exact) mass is 239 g/mol. The van der Waals surface area contributed by atoms with E-state index in [0.29, 0.717) is 11.4 Å². The molecule has 18 heavy (non-hydrogen) atoms. The maximum absolute atomic E-state index is 9.19. The van der Waals surface area contributed by atoms with Crippen LogP contribution in [0.3, 0.4) is 0 Å². The molecule has 90 valence electrons. The van der Waals surface area contributed by atoms with Gasteiger partial charge in [-0.3, -0.25) is 0 Å². The standard InChI is InChI=1S/C14H13N3O/c15-16-13(11-7-3-1-4-8-11)14(17-18)12-9-5-2-6-10-12/h1-10,18H,15H2/b16-13-,17-14-. The maximum atomic E-state index is 9.19. The van der Waals surface area contributed by atoms with Gasteiger partial charge in [0.1, 0.15) is 11.4 Å². The molecular formula is C14H13N3O. The molecule has 0 saturated heterocycles. The summed E-state index contributed by atoms with van der Waals surface area (Å²) in [4.78, 5) is 0. The lowest BCUT2D eigenvalue weighted by Gasteiger charge is -2.07. The lowest BCUT2D eigenvalue weighted by Crippen LogP contribution is -2.19. The van der Waals surface area contributed by atoms with Gasteiger partial charge in [-0.15, -0.1) is 0 Å². The molecule has 0 spiro atoms. The maximum Gasteiger partial charge on any atom is 0.137 e. The highest BCUT2D eigenvalue weighted by atomic mass is 16.4. The average Bonchev–Trinajstić information content (AvgIpc) is 2.46. The van der Waals surface area contributed by atoms with E-state index in [-0.39, 0.29) is 0 Å². The first kappa shape index (κ1) is 11.9. The highest BCUT2D eigenvalue weighted by Crippen LogP contribution is 2.09. The van der Waals surface area contributed by atoms with Gasteiger partial charge in [0, 0.05) is 11.1 Å². The van der Waals surface area contributed by atoms with Gasteiger partial charge in [0.15, 0.2) is 0 Å². The van der Waals surface area contributed by atoms with Crippen LogP contribution in [-0.4, -0.2) is 16.6 Å². The largest absolute Gasteiger partial charge is 0.410 e. The lowest BCUT2D eigenvalue weighted by molar-refractivity contribution is 0.320. The normalized spacial score (nSPS) is 12.4. The molecule has 2 aromatic rings. The second kappa shape index (κ2) is 5.63. The summed E-state index contributed by atoms with van der Waals surface area (Å²) < 4.78 is 0. The summed E-state index contributed by atoms with van der Waals surface area (Å²) in [6.07, 6.45) is 0. The molecule has 0 atom stereocenters. The second-order valence-corrected chi connectivity index (χ2v) is 3.66. The Bertz CT molecular complexity index is 509. The van der Waals surface area contributed by atoms with Crippen molar-refractivity contribution < 1.29 is 5.21 Å². The van der Waals surface area contributed by atoms with Crippen LogP contribution in [-0.2, 0) is 0 Å². The third kappa shape index (κ3) is 2.38. The molecule has 2 rings (SSSR count). The molecular weight excluding hydrogens is 226 g/mol. The molecule has 0 unspecified atom stereocenters. The fraction of sp³-hybridized carbons (Fsp3) is 0. The van der Waals surface area contributed by atoms with Crippen molar-refractivity contribution >= 4 is 11.4 Å². The van der Waals surface area contributed by atoms with Crippen molar-refractivity contribution in [2.75, 3.05) is 0 Å². The van der Waals surface area contributed by atoms with Crippen LogP contribution in [0.2, 0.25) is 0 Å². The second-order valence-electron chi connectivity index (χ2n) is 3.66. The number of oxime groups is 1. The molecule has 4 heteroatoms. The van der Waals surface area contributed by atoms with E-state index >= 15 is 0 Å². The Labute approximate surface area is 105 Å². The summed E-state index contributed by atoms with van der Waals surface area (Å²) in [6.45, 7) is 0. The van der Waals surface area contributed by atoms with Crippen molar-refractivity contribution in [3.8, 4) is 0 Å². The van der Waals surface area contributed by atoms with E-state index < -0.39 is 0 Å². The molecule has 0 heterocycles. The Morgan fingerprint density at radius 2 is 1.22 bits per heavy atom. The predicted molar refractivity (Wildman–Crippen MR) is 71.9 cm³/mol. The summed E-state index contributed by atoms with van der Waals surface area (Å²) in [7, 11) is 0. The lowest BCUT2D eigenvalue weighted by atomic mass is 10.00. The average molecular weight is 239 g/mol. The molecule has 0 aliphatic rings. The minimum atomic E-state index is 0.351. The van der Waals surface area contributed by atoms with Crippen molar-refractivity contribution in [3.63, 3.8) is 0 Å². The van der Waals surface area contributed by atoms with Crippen LogP contribution >= 0.6 is 0 Å². The number of hydrogen-bond acceptors (Lipinski definition) is 4. The number of hydrazone groups is 1. The van der Waals surface area contributed by atoms with Crippen LogP contribution in [0.1, 0.15) is 11.1 Å². The molecule has 4 nitrogen and oxygen atoms in total. The Balaban J connectivity index is 2.45. The Morgan fingerprint density at radius 3 is 1.61 bits per heavy atom. The molecule has 0 saturated carbocycles. The van der Waals surface area contributed by atoms with Crippen LogP contribution in [0.4, 0.5) is 0 Å². The number of hydrogen-bond donors (Lipinski definition) is 2. The van der Waals surface area contributed by atoms with Gasteiger partial charge in [-0.2, -0.15) is 5.10 Å². The van der Waals surface area contributed by atoms with Crippen molar-refractivity contribution in [1.29, 1.82) is 0 Å². The molecule has 0 radical (unpaired) electrons. The molecule has 0 fully saturated rings. The minimum Gasteiger partial charge on any atom is -0.410 e. The Hall–Kier alpha value is -2.62. The zero-order valence-corrected chi connectivity index (χ0v) is 9.69. The van der Waals surface area contributed by atoms with Crippen LogP contribution < -0.4 is 5.84 Å². The van der Waals surface area contributed by atoms with Crippen LogP contribution in [0.5, 0.6) is 0 Å². The quantitative estimate of drug-likeness (QED) is 0.373. The highest BCUT2D eigenvalue weighted by molar-refractivity contribution is 6.53. The van der Waals surface area contributed by atoms with Crippen molar-refractivity contribution in [2.45, 2.75) is 0 Å². The number of nitrogens with two attached hydrogens (primary N) is 1. The number of nitrogens with zero attached hydrogens (tertiary/aromatic N) is 2. The van der Waals surface area contributed by atoms with Gasteiger partial charge in [-0.05, 0) is 0 Å². The Kier molecular flexibility index (Phi) is 3.71. The van der Waals surface area contributed by atoms with Gasteiger partial charge in [0.2, 0.25) is 0 Å². The predicted octanol–water partition coefficient (Wildman–Crippen LogP) is 2.23. The molecule has 0 aromatic heterocycles. The van der Waals surface area contributed by atoms with Gasteiger partial charge >= 0.3 is 0 Å². The SMILES string of the molecule is N/N=C(\C(=N/O)c1ccccc1)c1ccccc1. The molecule has 0 amide bonds. The zero-order valence-electron chi connectivity index (χ0n) is 9.69. The first-order valence-electron chi connectivity index (χ1n) is 5.48. The molecule has 0 bridgehead atoms. The third-order valence-electron chi connectivity index (χ3n) is 2.55. The summed E-state index contributed by atoms with van der Waals surface area (Å²) in [5.74, 6) is 5.41. The van der Waals surface area contributed by atoms with Gasteiger partial charge in [0.25, 0.3) is 0 Å². The summed E-state index contributed by atoms with van der Waals surface area (Å²) >= 11 is 0. The van der Waals surface area contributed by atoms with Crippen molar-refractivity contribution in [2.24, 2.45) is 16.1 Å². The summed E-state index contributed by atoms with van der Waals surface area (Å²) in [6, 6.07) is 18.7. The van der Waals surface area contributed by atoms with Crippen LogP contribution in [0, 0.1) is 0 Å². The number of rotatable bonds is 3. The van der Waals surface area contributed by atoms with Crippen molar-refractivity contribution in [3.05, 3.63) is 71.8 Å². The molecule has 2 aromatic carbocycles. The van der Waals surface area contributed by atoms with E-state index in [4.69, 9.17) is 5.84 Å². The van der Waals surface area contributed by atoms with Gasteiger partial charge in [-0.1, -0.05) is 65.8 Å². The summed E-state index contributed by atoms with van der Waals surface area (Å²) in [5, 5.41) is 16.2. The zero-order chi connectivity index (χ0) is 12.8. The van der Waals surface area contributed by atoms with Crippen LogP contribution in [0.25, 0.3) is 0 Å². The van der Waals surface area contributed by atoms with E-state index in [9.17, 15) is 5.21 Å². The fourth-order valence-corrected chi connectivity index (χ4v) is 1.71. The van der Waals surface area contributed by atoms with Gasteiger partial charge in [0.05, 0.1) is 0 Å². The molecule has 3 N–H and O–H groups in total. The molecule has 0 aliphatic carbocycles.